The zero-order chi connectivity index (χ0) is 15.7. The molecule has 118 valence electrons. The summed E-state index contributed by atoms with van der Waals surface area (Å²) in [5, 5.41) is 6.40. The molecule has 0 radical (unpaired) electrons. The Labute approximate surface area is 134 Å². The van der Waals surface area contributed by atoms with Crippen LogP contribution in [0.3, 0.4) is 0 Å². The fourth-order valence-electron chi connectivity index (χ4n) is 3.04. The first-order valence-corrected chi connectivity index (χ1v) is 7.76. The number of nitrogens with zero attached hydrogens (tertiary/aromatic N) is 2. The lowest BCUT2D eigenvalue weighted by molar-refractivity contribution is -0.131. The summed E-state index contributed by atoms with van der Waals surface area (Å²) in [7, 11) is 1.77. The number of piperazine rings is 2. The third-order valence-corrected chi connectivity index (χ3v) is 4.50. The number of fused-ring (bicyclic) bond motifs is 1. The molecule has 0 aromatic heterocycles. The average molecular weight is 323 g/mol. The quantitative estimate of drug-likeness (QED) is 0.838. The molecule has 2 amide bonds. The Morgan fingerprint density at radius 2 is 2.18 bits per heavy atom. The molecular formula is C15H19ClN4O2. The van der Waals surface area contributed by atoms with Gasteiger partial charge in [0, 0.05) is 50.5 Å². The van der Waals surface area contributed by atoms with Gasteiger partial charge in [-0.2, -0.15) is 0 Å². The first kappa shape index (κ1) is 15.1. The van der Waals surface area contributed by atoms with Gasteiger partial charge in [-0.05, 0) is 18.2 Å². The van der Waals surface area contributed by atoms with Crippen molar-refractivity contribution in [1.29, 1.82) is 0 Å². The van der Waals surface area contributed by atoms with E-state index < -0.39 is 0 Å². The number of carbonyl (C=O) groups is 2. The Kier molecular flexibility index (Phi) is 4.22. The van der Waals surface area contributed by atoms with Crippen LogP contribution < -0.4 is 10.6 Å². The lowest BCUT2D eigenvalue weighted by Gasteiger charge is -2.43. The Hall–Kier alpha value is -1.79. The van der Waals surface area contributed by atoms with E-state index in [-0.39, 0.29) is 17.9 Å². The molecule has 2 N–H and O–H groups in total. The number of anilines is 1. The third kappa shape index (κ3) is 2.76. The van der Waals surface area contributed by atoms with Crippen molar-refractivity contribution < 1.29 is 9.59 Å². The monoisotopic (exact) mass is 322 g/mol. The van der Waals surface area contributed by atoms with E-state index in [9.17, 15) is 9.59 Å². The fourth-order valence-corrected chi connectivity index (χ4v) is 3.22. The van der Waals surface area contributed by atoms with Crippen molar-refractivity contribution in [2.24, 2.45) is 0 Å². The van der Waals surface area contributed by atoms with Crippen LogP contribution in [0, 0.1) is 0 Å². The second-order valence-electron chi connectivity index (χ2n) is 5.53. The highest BCUT2D eigenvalue weighted by atomic mass is 35.5. The SMILES string of the molecule is CNc1ccc(Cl)cc1C(=O)N1CCN2CCNC(=O)C2C1. The highest BCUT2D eigenvalue weighted by Gasteiger charge is 2.36. The van der Waals surface area contributed by atoms with Gasteiger partial charge in [0.2, 0.25) is 5.91 Å². The molecule has 6 nitrogen and oxygen atoms in total. The summed E-state index contributed by atoms with van der Waals surface area (Å²) in [5.74, 6) is -0.0893. The van der Waals surface area contributed by atoms with Gasteiger partial charge in [-0.3, -0.25) is 14.5 Å². The summed E-state index contributed by atoms with van der Waals surface area (Å²) < 4.78 is 0. The molecule has 7 heteroatoms. The summed E-state index contributed by atoms with van der Waals surface area (Å²) in [5.41, 5.74) is 1.28. The standard InChI is InChI=1S/C15H19ClN4O2/c1-17-12-3-2-10(16)8-11(12)15(22)20-7-6-19-5-4-18-14(21)13(19)9-20/h2-3,8,13,17H,4-7,9H2,1H3,(H,18,21). The Bertz CT molecular complexity index is 607. The van der Waals surface area contributed by atoms with Gasteiger partial charge in [-0.25, -0.2) is 0 Å². The molecule has 2 aliphatic rings. The molecule has 1 aromatic rings. The van der Waals surface area contributed by atoms with Crippen LogP contribution in [0.1, 0.15) is 10.4 Å². The van der Waals surface area contributed by atoms with Crippen molar-refractivity contribution >= 4 is 29.1 Å². The molecule has 0 bridgehead atoms. The van der Waals surface area contributed by atoms with Gasteiger partial charge < -0.3 is 15.5 Å². The zero-order valence-corrected chi connectivity index (χ0v) is 13.2. The molecule has 0 aliphatic carbocycles. The maximum atomic E-state index is 12.8. The Morgan fingerprint density at radius 1 is 1.36 bits per heavy atom. The zero-order valence-electron chi connectivity index (χ0n) is 12.4. The van der Waals surface area contributed by atoms with Gasteiger partial charge >= 0.3 is 0 Å². The second kappa shape index (κ2) is 6.14. The van der Waals surface area contributed by atoms with E-state index in [4.69, 9.17) is 11.6 Å². The molecule has 2 heterocycles. The van der Waals surface area contributed by atoms with Crippen LogP contribution in [0.4, 0.5) is 5.69 Å². The lowest BCUT2D eigenvalue weighted by atomic mass is 10.1. The Balaban J connectivity index is 1.81. The average Bonchev–Trinajstić information content (AvgIpc) is 2.54. The van der Waals surface area contributed by atoms with Gasteiger partial charge in [0.1, 0.15) is 6.04 Å². The molecule has 22 heavy (non-hydrogen) atoms. The number of rotatable bonds is 2. The molecule has 0 spiro atoms. The van der Waals surface area contributed by atoms with E-state index in [1.54, 1.807) is 30.1 Å². The van der Waals surface area contributed by atoms with E-state index in [0.717, 1.165) is 18.8 Å². The first-order chi connectivity index (χ1) is 10.6. The summed E-state index contributed by atoms with van der Waals surface area (Å²) >= 11 is 6.02. The number of hydrogen-bond acceptors (Lipinski definition) is 4. The maximum absolute atomic E-state index is 12.8. The topological polar surface area (TPSA) is 64.7 Å². The number of carbonyl (C=O) groups excluding carboxylic acids is 2. The van der Waals surface area contributed by atoms with E-state index in [2.05, 4.69) is 15.5 Å². The largest absolute Gasteiger partial charge is 0.387 e. The summed E-state index contributed by atoms with van der Waals surface area (Å²) in [6.45, 7) is 3.29. The predicted octanol–water partition coefficient (Wildman–Crippen LogP) is 0.638. The van der Waals surface area contributed by atoms with Gasteiger partial charge in [-0.15, -0.1) is 0 Å². The molecule has 2 aliphatic heterocycles. The van der Waals surface area contributed by atoms with Gasteiger partial charge in [0.15, 0.2) is 0 Å². The molecule has 2 fully saturated rings. The number of amides is 2. The first-order valence-electron chi connectivity index (χ1n) is 7.38. The highest BCUT2D eigenvalue weighted by Crippen LogP contribution is 2.23. The van der Waals surface area contributed by atoms with Gasteiger partial charge in [0.25, 0.3) is 5.91 Å². The van der Waals surface area contributed by atoms with Crippen LogP contribution >= 0.6 is 11.6 Å². The van der Waals surface area contributed by atoms with Crippen molar-refractivity contribution in [1.82, 2.24) is 15.1 Å². The fraction of sp³-hybridized carbons (Fsp3) is 0.467. The number of nitrogens with one attached hydrogen (secondary N) is 2. The minimum Gasteiger partial charge on any atom is -0.387 e. The van der Waals surface area contributed by atoms with Crippen molar-refractivity contribution in [2.45, 2.75) is 6.04 Å². The number of benzene rings is 1. The smallest absolute Gasteiger partial charge is 0.256 e. The molecule has 3 rings (SSSR count). The maximum Gasteiger partial charge on any atom is 0.256 e. The van der Waals surface area contributed by atoms with E-state index in [1.807, 2.05) is 0 Å². The molecule has 2 saturated heterocycles. The summed E-state index contributed by atoms with van der Waals surface area (Å²) in [6.07, 6.45) is 0. The summed E-state index contributed by atoms with van der Waals surface area (Å²) in [4.78, 5) is 28.6. The van der Waals surface area contributed by atoms with Gasteiger partial charge in [-0.1, -0.05) is 11.6 Å². The van der Waals surface area contributed by atoms with Crippen molar-refractivity contribution in [3.8, 4) is 0 Å². The van der Waals surface area contributed by atoms with Crippen LogP contribution in [0.15, 0.2) is 18.2 Å². The van der Waals surface area contributed by atoms with Gasteiger partial charge in [0.05, 0.1) is 5.56 Å². The molecule has 0 saturated carbocycles. The van der Waals surface area contributed by atoms with Crippen LogP contribution in [0.2, 0.25) is 5.02 Å². The Morgan fingerprint density at radius 3 is 2.95 bits per heavy atom. The highest BCUT2D eigenvalue weighted by molar-refractivity contribution is 6.31. The third-order valence-electron chi connectivity index (χ3n) is 4.26. The van der Waals surface area contributed by atoms with E-state index in [0.29, 0.717) is 30.2 Å². The molecule has 1 unspecified atom stereocenters. The lowest BCUT2D eigenvalue weighted by Crippen LogP contribution is -2.64. The van der Waals surface area contributed by atoms with Crippen LogP contribution in [0.5, 0.6) is 0 Å². The second-order valence-corrected chi connectivity index (χ2v) is 5.97. The normalized spacial score (nSPS) is 22.0. The number of hydrogen-bond donors (Lipinski definition) is 2. The van der Waals surface area contributed by atoms with Crippen LogP contribution in [-0.4, -0.2) is 67.4 Å². The van der Waals surface area contributed by atoms with E-state index in [1.165, 1.54) is 0 Å². The molecule has 1 aromatic carbocycles. The number of halogens is 1. The van der Waals surface area contributed by atoms with Crippen molar-refractivity contribution in [3.05, 3.63) is 28.8 Å². The van der Waals surface area contributed by atoms with Crippen molar-refractivity contribution in [3.63, 3.8) is 0 Å². The van der Waals surface area contributed by atoms with Crippen molar-refractivity contribution in [2.75, 3.05) is 45.1 Å². The van der Waals surface area contributed by atoms with Crippen LogP contribution in [-0.2, 0) is 4.79 Å². The summed E-state index contributed by atoms with van der Waals surface area (Å²) in [6, 6.07) is 4.96. The minimum absolute atomic E-state index is 0.00341. The van der Waals surface area contributed by atoms with Crippen LogP contribution in [0.25, 0.3) is 0 Å². The predicted molar refractivity (Wildman–Crippen MR) is 85.3 cm³/mol. The van der Waals surface area contributed by atoms with E-state index >= 15 is 0 Å². The molecular weight excluding hydrogens is 304 g/mol. The molecule has 1 atom stereocenters. The minimum atomic E-state index is -0.247.